The Hall–Kier alpha value is -3.49. The number of anilines is 1. The minimum atomic E-state index is -0.942. The fourth-order valence-electron chi connectivity index (χ4n) is 2.35. The minimum absolute atomic E-state index is 0.114. The van der Waals surface area contributed by atoms with Crippen LogP contribution in [0.25, 0.3) is 0 Å². The molecule has 29 heavy (non-hydrogen) atoms. The third-order valence-electron chi connectivity index (χ3n) is 3.80. The van der Waals surface area contributed by atoms with Crippen molar-refractivity contribution in [1.29, 1.82) is 0 Å². The lowest BCUT2D eigenvalue weighted by Crippen LogP contribution is -2.26. The molecule has 2 aromatic carbocycles. The second-order valence-corrected chi connectivity index (χ2v) is 6.12. The van der Waals surface area contributed by atoms with Gasteiger partial charge in [-0.3, -0.25) is 14.4 Å². The number of hydrogen-bond acceptors (Lipinski definition) is 4. The van der Waals surface area contributed by atoms with Crippen LogP contribution in [0.2, 0.25) is 0 Å². The van der Waals surface area contributed by atoms with Gasteiger partial charge in [0.15, 0.2) is 0 Å². The third kappa shape index (κ3) is 7.57. The molecule has 0 saturated carbocycles. The fourth-order valence-corrected chi connectivity index (χ4v) is 2.35. The SMILES string of the molecule is NC(=O)CCOc1ccc(NC(=O)CCCNC(=O)c2ccc(F)cc2F)cc1. The molecule has 3 amide bonds. The second-order valence-electron chi connectivity index (χ2n) is 6.12. The summed E-state index contributed by atoms with van der Waals surface area (Å²) in [7, 11) is 0. The van der Waals surface area contributed by atoms with E-state index >= 15 is 0 Å². The van der Waals surface area contributed by atoms with Gasteiger partial charge in [-0.1, -0.05) is 0 Å². The highest BCUT2D eigenvalue weighted by Gasteiger charge is 2.12. The van der Waals surface area contributed by atoms with Gasteiger partial charge in [-0.05, 0) is 42.8 Å². The molecule has 0 aliphatic rings. The Bertz CT molecular complexity index is 873. The lowest BCUT2D eigenvalue weighted by atomic mass is 10.2. The molecule has 7 nitrogen and oxygen atoms in total. The lowest BCUT2D eigenvalue weighted by molar-refractivity contribution is -0.118. The summed E-state index contributed by atoms with van der Waals surface area (Å²) in [5.41, 5.74) is 5.33. The predicted octanol–water partition coefficient (Wildman–Crippen LogP) is 2.37. The van der Waals surface area contributed by atoms with Crippen molar-refractivity contribution < 1.29 is 27.9 Å². The Balaban J connectivity index is 1.69. The zero-order valence-electron chi connectivity index (χ0n) is 15.5. The van der Waals surface area contributed by atoms with Gasteiger partial charge >= 0.3 is 0 Å². The molecule has 154 valence electrons. The number of amides is 3. The van der Waals surface area contributed by atoms with Crippen LogP contribution in [0.15, 0.2) is 42.5 Å². The van der Waals surface area contributed by atoms with Crippen molar-refractivity contribution in [3.8, 4) is 5.75 Å². The molecule has 0 aliphatic carbocycles. The highest BCUT2D eigenvalue weighted by Crippen LogP contribution is 2.16. The number of nitrogens with one attached hydrogen (secondary N) is 2. The normalized spacial score (nSPS) is 10.3. The van der Waals surface area contributed by atoms with Gasteiger partial charge in [-0.25, -0.2) is 8.78 Å². The molecule has 4 N–H and O–H groups in total. The predicted molar refractivity (Wildman–Crippen MR) is 102 cm³/mol. The monoisotopic (exact) mass is 405 g/mol. The van der Waals surface area contributed by atoms with Crippen LogP contribution >= 0.6 is 0 Å². The molecule has 0 radical (unpaired) electrons. The van der Waals surface area contributed by atoms with Gasteiger partial charge in [-0.2, -0.15) is 0 Å². The molecule has 0 heterocycles. The van der Waals surface area contributed by atoms with E-state index in [1.165, 1.54) is 0 Å². The molecule has 0 atom stereocenters. The zero-order valence-corrected chi connectivity index (χ0v) is 15.5. The van der Waals surface area contributed by atoms with Crippen LogP contribution in [-0.2, 0) is 9.59 Å². The first-order valence-electron chi connectivity index (χ1n) is 8.89. The van der Waals surface area contributed by atoms with Crippen molar-refractivity contribution in [2.75, 3.05) is 18.5 Å². The fraction of sp³-hybridized carbons (Fsp3) is 0.250. The molecule has 0 aromatic heterocycles. The van der Waals surface area contributed by atoms with E-state index in [4.69, 9.17) is 10.5 Å². The molecule has 0 aliphatic heterocycles. The number of ether oxygens (including phenoxy) is 1. The summed E-state index contributed by atoms with van der Waals surface area (Å²) >= 11 is 0. The highest BCUT2D eigenvalue weighted by atomic mass is 19.1. The third-order valence-corrected chi connectivity index (χ3v) is 3.80. The maximum atomic E-state index is 13.5. The molecule has 0 bridgehead atoms. The number of rotatable bonds is 10. The van der Waals surface area contributed by atoms with Crippen LogP contribution in [0.3, 0.4) is 0 Å². The first-order chi connectivity index (χ1) is 13.8. The summed E-state index contributed by atoms with van der Waals surface area (Å²) < 4.78 is 31.7. The van der Waals surface area contributed by atoms with Crippen molar-refractivity contribution in [2.24, 2.45) is 5.73 Å². The van der Waals surface area contributed by atoms with Crippen LogP contribution in [0.4, 0.5) is 14.5 Å². The molecule has 0 fully saturated rings. The summed E-state index contributed by atoms with van der Waals surface area (Å²) in [5.74, 6) is -2.54. The Morgan fingerprint density at radius 2 is 1.72 bits per heavy atom. The van der Waals surface area contributed by atoms with Gasteiger partial charge in [0.25, 0.3) is 5.91 Å². The molecule has 2 aromatic rings. The van der Waals surface area contributed by atoms with Crippen molar-refractivity contribution in [3.63, 3.8) is 0 Å². The molecule has 0 saturated heterocycles. The van der Waals surface area contributed by atoms with Gasteiger partial charge in [0.05, 0.1) is 18.6 Å². The molecule has 2 rings (SSSR count). The molecule has 0 spiro atoms. The van der Waals surface area contributed by atoms with E-state index in [2.05, 4.69) is 10.6 Å². The first-order valence-corrected chi connectivity index (χ1v) is 8.89. The topological polar surface area (TPSA) is 111 Å². The zero-order chi connectivity index (χ0) is 21.2. The Labute approximate surface area is 166 Å². The molecule has 9 heteroatoms. The number of primary amides is 1. The number of hydrogen-bond donors (Lipinski definition) is 3. The number of nitrogens with two attached hydrogens (primary N) is 1. The van der Waals surface area contributed by atoms with Crippen LogP contribution in [0.5, 0.6) is 5.75 Å². The number of halogens is 2. The quantitative estimate of drug-likeness (QED) is 0.527. The molecular formula is C20H21F2N3O4. The average Bonchev–Trinajstić information content (AvgIpc) is 2.66. The summed E-state index contributed by atoms with van der Waals surface area (Å²) in [4.78, 5) is 34.4. The highest BCUT2D eigenvalue weighted by molar-refractivity contribution is 5.94. The maximum absolute atomic E-state index is 13.5. The van der Waals surface area contributed by atoms with Crippen molar-refractivity contribution >= 4 is 23.4 Å². The summed E-state index contributed by atoms with van der Waals surface area (Å²) in [5, 5.41) is 5.18. The van der Waals surface area contributed by atoms with Crippen LogP contribution in [-0.4, -0.2) is 30.9 Å². The Morgan fingerprint density at radius 3 is 2.38 bits per heavy atom. The van der Waals surface area contributed by atoms with E-state index in [1.54, 1.807) is 24.3 Å². The van der Waals surface area contributed by atoms with Gasteiger partial charge < -0.3 is 21.1 Å². The number of carbonyl (C=O) groups is 3. The smallest absolute Gasteiger partial charge is 0.254 e. The maximum Gasteiger partial charge on any atom is 0.254 e. The van der Waals surface area contributed by atoms with E-state index in [-0.39, 0.29) is 37.5 Å². The number of benzene rings is 2. The van der Waals surface area contributed by atoms with E-state index in [0.717, 1.165) is 12.1 Å². The van der Waals surface area contributed by atoms with Crippen molar-refractivity contribution in [1.82, 2.24) is 5.32 Å². The van der Waals surface area contributed by atoms with Gasteiger partial charge in [-0.15, -0.1) is 0 Å². The van der Waals surface area contributed by atoms with Crippen LogP contribution < -0.4 is 21.1 Å². The largest absolute Gasteiger partial charge is 0.493 e. The van der Waals surface area contributed by atoms with Crippen molar-refractivity contribution in [2.45, 2.75) is 19.3 Å². The van der Waals surface area contributed by atoms with E-state index in [1.807, 2.05) is 0 Å². The first kappa shape index (κ1) is 21.8. The second kappa shape index (κ2) is 10.7. The standard InChI is InChI=1S/C20H21F2N3O4/c21-13-3-8-16(17(22)12-13)20(28)24-10-1-2-19(27)25-14-4-6-15(7-5-14)29-11-9-18(23)26/h3-8,12H,1-2,9-11H2,(H2,23,26)(H,24,28)(H,25,27). The number of carbonyl (C=O) groups excluding carboxylic acids is 3. The van der Waals surface area contributed by atoms with Gasteiger partial charge in [0.2, 0.25) is 11.8 Å². The summed E-state index contributed by atoms with van der Waals surface area (Å²) in [6.45, 7) is 0.338. The lowest BCUT2D eigenvalue weighted by Gasteiger charge is -2.09. The minimum Gasteiger partial charge on any atom is -0.493 e. The Kier molecular flexibility index (Phi) is 8.08. The molecular weight excluding hydrogens is 384 g/mol. The van der Waals surface area contributed by atoms with Gasteiger partial charge in [0.1, 0.15) is 17.4 Å². The van der Waals surface area contributed by atoms with Crippen LogP contribution in [0, 0.1) is 11.6 Å². The van der Waals surface area contributed by atoms with Gasteiger partial charge in [0, 0.05) is 24.7 Å². The molecule has 0 unspecified atom stereocenters. The van der Waals surface area contributed by atoms with E-state index in [9.17, 15) is 23.2 Å². The summed E-state index contributed by atoms with van der Waals surface area (Å²) in [6.07, 6.45) is 0.598. The summed E-state index contributed by atoms with van der Waals surface area (Å²) in [6, 6.07) is 9.29. The Morgan fingerprint density at radius 1 is 1.00 bits per heavy atom. The van der Waals surface area contributed by atoms with E-state index in [0.29, 0.717) is 23.9 Å². The van der Waals surface area contributed by atoms with Crippen molar-refractivity contribution in [3.05, 3.63) is 59.7 Å². The van der Waals surface area contributed by atoms with Crippen LogP contribution in [0.1, 0.15) is 29.6 Å². The van der Waals surface area contributed by atoms with E-state index < -0.39 is 23.4 Å². The average molecular weight is 405 g/mol.